The van der Waals surface area contributed by atoms with Crippen LogP contribution < -0.4 is 21.5 Å². The number of anilines is 2. The van der Waals surface area contributed by atoms with Crippen LogP contribution in [0.2, 0.25) is 0 Å². The van der Waals surface area contributed by atoms with Gasteiger partial charge < -0.3 is 15.0 Å². The van der Waals surface area contributed by atoms with Gasteiger partial charge in [-0.3, -0.25) is 13.9 Å². The molecule has 1 unspecified atom stereocenters. The van der Waals surface area contributed by atoms with Gasteiger partial charge in [-0.25, -0.2) is 9.59 Å². The van der Waals surface area contributed by atoms with Crippen LogP contribution >= 0.6 is 0 Å². The van der Waals surface area contributed by atoms with Gasteiger partial charge in [-0.2, -0.15) is 0 Å². The molecule has 2 aromatic carbocycles. The molecule has 37 heavy (non-hydrogen) atoms. The van der Waals surface area contributed by atoms with Crippen LogP contribution in [0.5, 0.6) is 0 Å². The fourth-order valence-corrected chi connectivity index (χ4v) is 4.77. The zero-order valence-electron chi connectivity index (χ0n) is 21.7. The van der Waals surface area contributed by atoms with E-state index < -0.39 is 23.1 Å². The lowest BCUT2D eigenvalue weighted by atomic mass is 9.82. The van der Waals surface area contributed by atoms with E-state index in [0.717, 1.165) is 28.9 Å². The first-order valence-corrected chi connectivity index (χ1v) is 12.2. The van der Waals surface area contributed by atoms with E-state index in [4.69, 9.17) is 4.74 Å². The molecule has 0 fully saturated rings. The molecule has 4 rings (SSSR count). The summed E-state index contributed by atoms with van der Waals surface area (Å²) >= 11 is 0. The summed E-state index contributed by atoms with van der Waals surface area (Å²) in [6.45, 7) is 9.08. The van der Waals surface area contributed by atoms with Gasteiger partial charge >= 0.3 is 11.7 Å². The molecule has 0 saturated heterocycles. The average molecular weight is 501 g/mol. The highest BCUT2D eigenvalue weighted by molar-refractivity contribution is 5.94. The van der Waals surface area contributed by atoms with Crippen LogP contribution in [-0.4, -0.2) is 28.3 Å². The average Bonchev–Trinajstić information content (AvgIpc) is 2.92. The van der Waals surface area contributed by atoms with E-state index in [-0.39, 0.29) is 6.61 Å². The van der Waals surface area contributed by atoms with Crippen LogP contribution in [0.4, 0.5) is 11.5 Å². The smallest absolute Gasteiger partial charge is 0.337 e. The van der Waals surface area contributed by atoms with Gasteiger partial charge in [0.2, 0.25) is 0 Å². The zero-order valence-corrected chi connectivity index (χ0v) is 21.7. The molecule has 8 heteroatoms. The number of allylic oxidation sites excluding steroid dienone is 1. The number of rotatable bonds is 8. The van der Waals surface area contributed by atoms with Crippen LogP contribution in [0.25, 0.3) is 0 Å². The molecule has 1 aliphatic rings. The van der Waals surface area contributed by atoms with Crippen molar-refractivity contribution in [3.05, 3.63) is 116 Å². The minimum Gasteiger partial charge on any atom is -0.458 e. The summed E-state index contributed by atoms with van der Waals surface area (Å²) in [6.07, 6.45) is 1.50. The number of carbonyl (C=O) groups excluding carboxylic acids is 1. The monoisotopic (exact) mass is 500 g/mol. The first-order chi connectivity index (χ1) is 17.8. The number of ether oxygens (including phenoxy) is 1. The van der Waals surface area contributed by atoms with Crippen molar-refractivity contribution in [2.24, 2.45) is 14.1 Å². The van der Waals surface area contributed by atoms with Gasteiger partial charge in [-0.15, -0.1) is 0 Å². The van der Waals surface area contributed by atoms with Gasteiger partial charge in [-0.1, -0.05) is 55.1 Å². The van der Waals surface area contributed by atoms with E-state index in [0.29, 0.717) is 22.7 Å². The van der Waals surface area contributed by atoms with Gasteiger partial charge in [0, 0.05) is 38.6 Å². The van der Waals surface area contributed by atoms with Gasteiger partial charge in [0.25, 0.3) is 5.56 Å². The third kappa shape index (κ3) is 4.87. The maximum absolute atomic E-state index is 13.4. The van der Waals surface area contributed by atoms with E-state index >= 15 is 0 Å². The summed E-state index contributed by atoms with van der Waals surface area (Å²) in [4.78, 5) is 41.5. The normalized spacial score (nSPS) is 14.5. The number of carbonyl (C=O) groups is 1. The maximum Gasteiger partial charge on any atom is 0.337 e. The molecule has 0 bridgehead atoms. The van der Waals surface area contributed by atoms with Crippen molar-refractivity contribution in [3.8, 4) is 0 Å². The topological polar surface area (TPSA) is 85.6 Å². The van der Waals surface area contributed by atoms with E-state index in [1.165, 1.54) is 23.3 Å². The molecule has 0 spiro atoms. The molecule has 0 aliphatic carbocycles. The van der Waals surface area contributed by atoms with Crippen molar-refractivity contribution in [2.75, 3.05) is 23.4 Å². The van der Waals surface area contributed by atoms with Crippen molar-refractivity contribution in [1.82, 2.24) is 9.13 Å². The van der Waals surface area contributed by atoms with Crippen LogP contribution in [-0.2, 0) is 30.2 Å². The van der Waals surface area contributed by atoms with E-state index in [1.807, 2.05) is 42.5 Å². The number of nitrogens with one attached hydrogen (secondary N) is 1. The lowest BCUT2D eigenvalue weighted by Gasteiger charge is -2.31. The molecule has 0 amide bonds. The first kappa shape index (κ1) is 25.8. The van der Waals surface area contributed by atoms with Crippen LogP contribution in [0.3, 0.4) is 0 Å². The third-order valence-electron chi connectivity index (χ3n) is 6.73. The molecular weight excluding hydrogens is 468 g/mol. The van der Waals surface area contributed by atoms with Crippen LogP contribution in [0, 0.1) is 0 Å². The molecular formula is C29H32N4O4. The quantitative estimate of drug-likeness (QED) is 0.375. The molecule has 1 atom stereocenters. The molecule has 1 N–H and O–H groups in total. The number of benzene rings is 2. The Morgan fingerprint density at radius 1 is 1.08 bits per heavy atom. The summed E-state index contributed by atoms with van der Waals surface area (Å²) in [5, 5.41) is 3.10. The SMILES string of the molecule is C=CCOC(=O)C1=C(C)Nc2c(c(=O)n(C)c(=O)n2C)C1c1ccc(N(CC)Cc2ccccc2)cc1. The van der Waals surface area contributed by atoms with E-state index in [2.05, 4.69) is 35.9 Å². The minimum absolute atomic E-state index is 0.0460. The Kier molecular flexibility index (Phi) is 7.47. The lowest BCUT2D eigenvalue weighted by Crippen LogP contribution is -2.43. The highest BCUT2D eigenvalue weighted by Crippen LogP contribution is 2.40. The summed E-state index contributed by atoms with van der Waals surface area (Å²) in [6, 6.07) is 18.1. The Labute approximate surface area is 216 Å². The van der Waals surface area contributed by atoms with Crippen molar-refractivity contribution in [3.63, 3.8) is 0 Å². The fourth-order valence-electron chi connectivity index (χ4n) is 4.77. The second-order valence-corrected chi connectivity index (χ2v) is 9.04. The second-order valence-electron chi connectivity index (χ2n) is 9.04. The number of hydrogen-bond acceptors (Lipinski definition) is 6. The molecule has 1 aromatic heterocycles. The molecule has 8 nitrogen and oxygen atoms in total. The Morgan fingerprint density at radius 3 is 2.38 bits per heavy atom. The number of fused-ring (bicyclic) bond motifs is 1. The Balaban J connectivity index is 1.82. The summed E-state index contributed by atoms with van der Waals surface area (Å²) in [7, 11) is 3.04. The van der Waals surface area contributed by atoms with E-state index in [1.54, 1.807) is 14.0 Å². The highest BCUT2D eigenvalue weighted by Gasteiger charge is 2.37. The van der Waals surface area contributed by atoms with Crippen LogP contribution in [0.1, 0.15) is 36.5 Å². The molecule has 3 aromatic rings. The van der Waals surface area contributed by atoms with Gasteiger partial charge in [-0.05, 0) is 37.1 Å². The number of hydrogen-bond donors (Lipinski definition) is 1. The largest absolute Gasteiger partial charge is 0.458 e. The second kappa shape index (κ2) is 10.7. The van der Waals surface area contributed by atoms with Crippen molar-refractivity contribution < 1.29 is 9.53 Å². The van der Waals surface area contributed by atoms with Gasteiger partial charge in [0.1, 0.15) is 12.4 Å². The van der Waals surface area contributed by atoms with Crippen molar-refractivity contribution in [2.45, 2.75) is 26.3 Å². The first-order valence-electron chi connectivity index (χ1n) is 12.2. The summed E-state index contributed by atoms with van der Waals surface area (Å²) in [5.41, 5.74) is 3.25. The predicted octanol–water partition coefficient (Wildman–Crippen LogP) is 3.67. The molecule has 0 saturated carbocycles. The van der Waals surface area contributed by atoms with Crippen molar-refractivity contribution in [1.29, 1.82) is 0 Å². The fraction of sp³-hybridized carbons (Fsp3) is 0.276. The molecule has 1 aliphatic heterocycles. The zero-order chi connectivity index (χ0) is 26.7. The number of aromatic nitrogens is 2. The molecule has 192 valence electrons. The minimum atomic E-state index is -0.711. The van der Waals surface area contributed by atoms with E-state index in [9.17, 15) is 14.4 Å². The number of esters is 1. The predicted molar refractivity (Wildman–Crippen MR) is 146 cm³/mol. The number of nitrogens with zero attached hydrogens (tertiary/aromatic N) is 3. The Bertz CT molecular complexity index is 1470. The van der Waals surface area contributed by atoms with Crippen LogP contribution in [0.15, 0.2) is 88.1 Å². The Hall–Kier alpha value is -4.33. The summed E-state index contributed by atoms with van der Waals surface area (Å²) < 4.78 is 7.86. The standard InChI is InChI=1S/C29H32N4O4/c1-6-17-37-28(35)23-19(3)30-26-25(27(34)32(5)29(36)31(26)4)24(23)21-13-15-22(16-14-21)33(7-2)18-20-11-9-8-10-12-20/h6,8-16,24,30H,1,7,17-18H2,2-5H3. The molecule has 2 heterocycles. The molecule has 0 radical (unpaired) electrons. The van der Waals surface area contributed by atoms with Gasteiger partial charge in [0.15, 0.2) is 0 Å². The van der Waals surface area contributed by atoms with Gasteiger partial charge in [0.05, 0.1) is 17.1 Å². The highest BCUT2D eigenvalue weighted by atomic mass is 16.5. The lowest BCUT2D eigenvalue weighted by molar-refractivity contribution is -0.138. The van der Waals surface area contributed by atoms with Crippen molar-refractivity contribution >= 4 is 17.5 Å². The Morgan fingerprint density at radius 2 is 1.76 bits per heavy atom. The summed E-state index contributed by atoms with van der Waals surface area (Å²) in [5.74, 6) is -0.878. The maximum atomic E-state index is 13.4. The third-order valence-corrected chi connectivity index (χ3v) is 6.73.